The van der Waals surface area contributed by atoms with Gasteiger partial charge in [-0.15, -0.1) is 0 Å². The first-order chi connectivity index (χ1) is 11.1. The number of hydrogen-bond donors (Lipinski definition) is 1. The number of pyridine rings is 1. The first kappa shape index (κ1) is 13.8. The van der Waals surface area contributed by atoms with Gasteiger partial charge in [-0.05, 0) is 55.6 Å². The molecule has 0 saturated carbocycles. The van der Waals surface area contributed by atoms with E-state index in [-0.39, 0.29) is 6.04 Å². The molecule has 23 heavy (non-hydrogen) atoms. The summed E-state index contributed by atoms with van der Waals surface area (Å²) in [7, 11) is 0. The average Bonchev–Trinajstić information content (AvgIpc) is 2.92. The number of benzene rings is 2. The van der Waals surface area contributed by atoms with Crippen LogP contribution in [0, 0.1) is 0 Å². The quantitative estimate of drug-likeness (QED) is 0.453. The van der Waals surface area contributed by atoms with Crippen LogP contribution in [0.1, 0.15) is 19.4 Å². The lowest BCUT2D eigenvalue weighted by Gasteiger charge is -2.05. The largest absolute Gasteiger partial charge is 0.383 e. The third-order valence-electron chi connectivity index (χ3n) is 3.96. The summed E-state index contributed by atoms with van der Waals surface area (Å²) >= 11 is 0. The molecule has 2 N–H and O–H groups in total. The minimum absolute atomic E-state index is 0.177. The van der Waals surface area contributed by atoms with E-state index >= 15 is 0 Å². The van der Waals surface area contributed by atoms with Gasteiger partial charge in [0.25, 0.3) is 0 Å². The van der Waals surface area contributed by atoms with E-state index in [1.165, 1.54) is 5.39 Å². The molecule has 0 aliphatic heterocycles. The van der Waals surface area contributed by atoms with Crippen molar-refractivity contribution in [2.24, 2.45) is 10.7 Å². The van der Waals surface area contributed by atoms with Crippen LogP contribution in [0.15, 0.2) is 59.6 Å². The summed E-state index contributed by atoms with van der Waals surface area (Å²) in [6, 6.07) is 18.8. The highest BCUT2D eigenvalue weighted by atomic mass is 15.0. The molecule has 0 aliphatic carbocycles. The summed E-state index contributed by atoms with van der Waals surface area (Å²) in [5.74, 6) is 0.559. The van der Waals surface area contributed by atoms with Crippen LogP contribution in [0.4, 0.5) is 0 Å². The van der Waals surface area contributed by atoms with Crippen LogP contribution in [0.5, 0.6) is 0 Å². The van der Waals surface area contributed by atoms with Crippen molar-refractivity contribution >= 4 is 33.4 Å². The number of hydrogen-bond acceptors (Lipinski definition) is 2. The van der Waals surface area contributed by atoms with Gasteiger partial charge in [0, 0.05) is 11.6 Å². The van der Waals surface area contributed by atoms with Crippen molar-refractivity contribution in [2.45, 2.75) is 19.9 Å². The van der Waals surface area contributed by atoms with Crippen molar-refractivity contribution in [3.8, 4) is 0 Å². The third kappa shape index (κ3) is 2.23. The van der Waals surface area contributed by atoms with Crippen LogP contribution in [0.25, 0.3) is 27.6 Å². The van der Waals surface area contributed by atoms with Gasteiger partial charge < -0.3 is 5.73 Å². The molecule has 0 unspecified atom stereocenters. The first-order valence-electron chi connectivity index (χ1n) is 7.77. The summed E-state index contributed by atoms with van der Waals surface area (Å²) in [6.07, 6.45) is 0. The number of aliphatic imine (C=N–C) groups is 1. The lowest BCUT2D eigenvalue weighted by Crippen LogP contribution is -2.15. The predicted molar refractivity (Wildman–Crippen MR) is 96.1 cm³/mol. The van der Waals surface area contributed by atoms with Crippen molar-refractivity contribution in [1.29, 1.82) is 0 Å². The van der Waals surface area contributed by atoms with Gasteiger partial charge in [-0.1, -0.05) is 18.2 Å². The number of nitrogens with two attached hydrogens (primary N) is 1. The van der Waals surface area contributed by atoms with E-state index in [9.17, 15) is 0 Å². The zero-order chi connectivity index (χ0) is 16.0. The van der Waals surface area contributed by atoms with E-state index in [0.29, 0.717) is 5.84 Å². The number of para-hydroxylation sites is 1. The lowest BCUT2D eigenvalue weighted by molar-refractivity contribution is 0.834. The minimum Gasteiger partial charge on any atom is -0.383 e. The van der Waals surface area contributed by atoms with Gasteiger partial charge in [-0.2, -0.15) is 0 Å². The Balaban J connectivity index is 2.01. The summed E-state index contributed by atoms with van der Waals surface area (Å²) in [5, 5.41) is 1.20. The second-order valence-electron chi connectivity index (χ2n) is 6.01. The van der Waals surface area contributed by atoms with Crippen LogP contribution in [0.2, 0.25) is 0 Å². The van der Waals surface area contributed by atoms with Crippen molar-refractivity contribution < 1.29 is 0 Å². The van der Waals surface area contributed by atoms with Crippen molar-refractivity contribution in [3.63, 3.8) is 0 Å². The van der Waals surface area contributed by atoms with E-state index in [1.807, 2.05) is 32.0 Å². The molecule has 114 valence electrons. The molecule has 0 atom stereocenters. The highest BCUT2D eigenvalue weighted by Gasteiger charge is 2.09. The molecular formula is C19H18N4. The molecule has 4 nitrogen and oxygen atoms in total. The normalized spacial score (nSPS) is 12.7. The molecule has 2 aromatic carbocycles. The Morgan fingerprint density at radius 2 is 1.87 bits per heavy atom. The molecule has 0 spiro atoms. The molecule has 4 rings (SSSR count). The van der Waals surface area contributed by atoms with Gasteiger partial charge in [-0.3, -0.25) is 9.39 Å². The van der Waals surface area contributed by atoms with E-state index < -0.39 is 0 Å². The molecule has 4 aromatic rings. The zero-order valence-electron chi connectivity index (χ0n) is 13.2. The highest BCUT2D eigenvalue weighted by Crippen LogP contribution is 2.24. The van der Waals surface area contributed by atoms with E-state index in [1.54, 1.807) is 0 Å². The van der Waals surface area contributed by atoms with Gasteiger partial charge in [0.15, 0.2) is 0 Å². The van der Waals surface area contributed by atoms with Crippen LogP contribution in [-0.4, -0.2) is 21.3 Å². The molecule has 4 heteroatoms. The number of aromatic nitrogens is 2. The Morgan fingerprint density at radius 3 is 2.70 bits per heavy atom. The third-order valence-corrected chi connectivity index (χ3v) is 3.96. The Hall–Kier alpha value is -2.88. The maximum absolute atomic E-state index is 6.09. The molecule has 0 saturated heterocycles. The van der Waals surface area contributed by atoms with Crippen molar-refractivity contribution in [3.05, 3.63) is 60.2 Å². The molecular weight excluding hydrogens is 284 g/mol. The number of rotatable bonds is 2. The van der Waals surface area contributed by atoms with Crippen LogP contribution >= 0.6 is 0 Å². The van der Waals surface area contributed by atoms with Gasteiger partial charge in [0.05, 0.1) is 16.6 Å². The Bertz CT molecular complexity index is 1060. The van der Waals surface area contributed by atoms with Crippen molar-refractivity contribution in [2.75, 3.05) is 0 Å². The fourth-order valence-electron chi connectivity index (χ4n) is 2.97. The summed E-state index contributed by atoms with van der Waals surface area (Å²) in [6.45, 7) is 4.03. The lowest BCUT2D eigenvalue weighted by atomic mass is 10.1. The summed E-state index contributed by atoms with van der Waals surface area (Å²) in [5.41, 5.74) is 11.1. The molecule has 2 heterocycles. The Kier molecular flexibility index (Phi) is 3.05. The number of amidine groups is 1. The van der Waals surface area contributed by atoms with Crippen LogP contribution < -0.4 is 5.73 Å². The van der Waals surface area contributed by atoms with Crippen LogP contribution in [0.3, 0.4) is 0 Å². The molecule has 0 aliphatic rings. The van der Waals surface area contributed by atoms with Crippen LogP contribution in [-0.2, 0) is 0 Å². The molecule has 0 bridgehead atoms. The summed E-state index contributed by atoms with van der Waals surface area (Å²) in [4.78, 5) is 9.16. The standard InChI is InChI=1S/C19H18N4/c1-12(2)21-19(20)14-7-9-17-15(11-14)22-18-10-8-13-5-3-4-6-16(13)23(17)18/h3-12H,1-2H3,(H2,20,21). The monoisotopic (exact) mass is 302 g/mol. The fraction of sp³-hybridized carbons (Fsp3) is 0.158. The first-order valence-corrected chi connectivity index (χ1v) is 7.77. The maximum atomic E-state index is 6.09. The van der Waals surface area contributed by atoms with Gasteiger partial charge in [0.2, 0.25) is 0 Å². The van der Waals surface area contributed by atoms with E-state index in [0.717, 1.165) is 27.8 Å². The van der Waals surface area contributed by atoms with Crippen molar-refractivity contribution in [1.82, 2.24) is 9.38 Å². The Morgan fingerprint density at radius 1 is 1.04 bits per heavy atom. The maximum Gasteiger partial charge on any atom is 0.138 e. The predicted octanol–water partition coefficient (Wildman–Crippen LogP) is 3.75. The number of imidazole rings is 1. The SMILES string of the molecule is CC(C)N=C(N)c1ccc2c(c1)nc1ccc3ccccc3n12. The molecule has 0 fully saturated rings. The molecule has 0 amide bonds. The van der Waals surface area contributed by atoms with Gasteiger partial charge >= 0.3 is 0 Å². The minimum atomic E-state index is 0.177. The number of fused-ring (bicyclic) bond motifs is 5. The average molecular weight is 302 g/mol. The smallest absolute Gasteiger partial charge is 0.138 e. The Labute approximate surface area is 134 Å². The molecule has 2 aromatic heterocycles. The summed E-state index contributed by atoms with van der Waals surface area (Å²) < 4.78 is 2.18. The highest BCUT2D eigenvalue weighted by molar-refractivity contribution is 6.01. The van der Waals surface area contributed by atoms with Gasteiger partial charge in [-0.25, -0.2) is 4.98 Å². The van der Waals surface area contributed by atoms with E-state index in [2.05, 4.69) is 45.8 Å². The second kappa shape index (κ2) is 5.09. The zero-order valence-corrected chi connectivity index (χ0v) is 13.2. The molecule has 0 radical (unpaired) electrons. The van der Waals surface area contributed by atoms with Gasteiger partial charge in [0.1, 0.15) is 11.5 Å². The van der Waals surface area contributed by atoms with E-state index in [4.69, 9.17) is 10.7 Å². The topological polar surface area (TPSA) is 55.7 Å². The second-order valence-corrected chi connectivity index (χ2v) is 6.01. The fourth-order valence-corrected chi connectivity index (χ4v) is 2.97. The number of nitrogens with zero attached hydrogens (tertiary/aromatic N) is 3.